The van der Waals surface area contributed by atoms with Gasteiger partial charge < -0.3 is 20.4 Å². The van der Waals surface area contributed by atoms with Crippen molar-refractivity contribution in [1.29, 1.82) is 0 Å². The first-order valence-corrected chi connectivity index (χ1v) is 35.0. The van der Waals surface area contributed by atoms with Crippen molar-refractivity contribution in [2.75, 3.05) is 65.4 Å². The van der Waals surface area contributed by atoms with Crippen LogP contribution in [0.15, 0.2) is 144 Å². The fraction of sp³-hybridized carbons (Fsp3) is 0.364. The number of aliphatic hydroxyl groups excluding tert-OH is 4. The van der Waals surface area contributed by atoms with Crippen molar-refractivity contribution < 1.29 is 58.8 Å². The second-order valence-electron chi connectivity index (χ2n) is 23.8. The number of terminal acetylenes is 8. The Kier molecular flexibility index (Phi) is 41.3. The molecule has 0 unspecified atom stereocenters. The zero-order chi connectivity index (χ0) is 91.3. The Morgan fingerprint density at radius 1 is 0.336 bits per heavy atom. The molecule has 3 aromatic heterocycles. The first kappa shape index (κ1) is 101. The summed E-state index contributed by atoms with van der Waals surface area (Å²) in [5.74, 6) is 10.8. The fourth-order valence-corrected chi connectivity index (χ4v) is 10.2. The van der Waals surface area contributed by atoms with Crippen molar-refractivity contribution >= 4 is 48.2 Å². The van der Waals surface area contributed by atoms with Crippen molar-refractivity contribution in [2.24, 2.45) is 7.05 Å². The molecule has 42 heteroatoms. The highest BCUT2D eigenvalue weighted by Crippen LogP contribution is 2.23. The number of rotatable bonds is 25. The molecular weight excluding hydrogens is 1550 g/mol. The third-order valence-corrected chi connectivity index (χ3v) is 15.9. The van der Waals surface area contributed by atoms with Gasteiger partial charge in [-0.15, -0.1) is 58.4 Å². The molecule has 3 aromatic rings. The highest BCUT2D eigenvalue weighted by Gasteiger charge is 2.45. The number of urea groups is 8. The molecule has 4 aliphatic rings. The van der Waals surface area contributed by atoms with Gasteiger partial charge in [-0.2, -0.15) is 13.7 Å². The molecule has 0 aliphatic carbocycles. The summed E-state index contributed by atoms with van der Waals surface area (Å²) in [5, 5.41) is 39.9. The highest BCUT2D eigenvalue weighted by atomic mass is 16.4. The van der Waals surface area contributed by atoms with E-state index in [1.165, 1.54) is 61.0 Å². The summed E-state index contributed by atoms with van der Waals surface area (Å²) in [5.41, 5.74) is -6.63. The number of nitrogens with zero attached hydrogens (tertiary/aromatic N) is 21. The van der Waals surface area contributed by atoms with E-state index in [4.69, 9.17) is 51.4 Å². The lowest BCUT2D eigenvalue weighted by atomic mass is 10.2. The Morgan fingerprint density at radius 3 is 0.782 bits per heavy atom. The molecule has 0 bridgehead atoms. The lowest BCUT2D eigenvalue weighted by Crippen LogP contribution is -2.66. The minimum absolute atomic E-state index is 0.178. The molecule has 0 radical (unpaired) electrons. The molecule has 4 N–H and O–H groups in total. The van der Waals surface area contributed by atoms with E-state index in [0.717, 1.165) is 67.9 Å². The van der Waals surface area contributed by atoms with Crippen LogP contribution in [-0.4, -0.2) is 259 Å². The number of aromatic nitrogens is 9. The Hall–Kier alpha value is -15.6. The summed E-state index contributed by atoms with van der Waals surface area (Å²) in [7, 11) is 1.25. The van der Waals surface area contributed by atoms with Gasteiger partial charge in [0.25, 0.3) is 0 Å². The van der Waals surface area contributed by atoms with E-state index >= 15 is 0 Å². The van der Waals surface area contributed by atoms with Crippen molar-refractivity contribution in [3.8, 4) is 99.1 Å². The molecule has 0 saturated carbocycles. The van der Waals surface area contributed by atoms with Crippen LogP contribution in [0.3, 0.4) is 0 Å². The summed E-state index contributed by atoms with van der Waals surface area (Å²) < 4.78 is 5.46. The zero-order valence-corrected chi connectivity index (χ0v) is 66.7. The van der Waals surface area contributed by atoms with Crippen molar-refractivity contribution in [3.63, 3.8) is 0 Å². The lowest BCUT2D eigenvalue weighted by Gasteiger charge is -2.44. The fourth-order valence-electron chi connectivity index (χ4n) is 10.2. The summed E-state index contributed by atoms with van der Waals surface area (Å²) in [6.07, 6.45) is 44.5. The Bertz CT molecular complexity index is 4920. The molecule has 4 fully saturated rings. The van der Waals surface area contributed by atoms with Crippen LogP contribution in [0.4, 0.5) is 38.4 Å². The highest BCUT2D eigenvalue weighted by molar-refractivity contribution is 5.98. The summed E-state index contributed by atoms with van der Waals surface area (Å²) in [4.78, 5) is 213. The summed E-state index contributed by atoms with van der Waals surface area (Å²) >= 11 is 0. The van der Waals surface area contributed by atoms with Crippen LogP contribution >= 0.6 is 0 Å². The lowest BCUT2D eigenvalue weighted by molar-refractivity contribution is -0.0914. The second kappa shape index (κ2) is 48.5. The van der Waals surface area contributed by atoms with Gasteiger partial charge >= 0.3 is 99.5 Å². The first-order chi connectivity index (χ1) is 56.2. The van der Waals surface area contributed by atoms with Crippen LogP contribution in [0.25, 0.3) is 0 Å². The molecule has 16 amide bonds. The van der Waals surface area contributed by atoms with Crippen molar-refractivity contribution in [3.05, 3.63) is 195 Å². The average molecular weight is 1650 g/mol. The van der Waals surface area contributed by atoms with Gasteiger partial charge in [-0.1, -0.05) is 111 Å². The van der Waals surface area contributed by atoms with Gasteiger partial charge in [0.2, 0.25) is 25.4 Å². The van der Waals surface area contributed by atoms with Gasteiger partial charge in [0.1, 0.15) is 0 Å². The predicted octanol–water partition coefficient (Wildman–Crippen LogP) is -1.73. The van der Waals surface area contributed by atoms with Crippen LogP contribution in [-0.2, 0) is 39.8 Å². The molecule has 119 heavy (non-hydrogen) atoms. The first-order valence-electron chi connectivity index (χ1n) is 35.0. The summed E-state index contributed by atoms with van der Waals surface area (Å²) in [6.45, 7) is 40.1. The standard InChI is InChI=1S/2C13H21N3O3.C12H9N3O3.C11H17N3O3.C10H9N3O3.C9H13N3O3.C9H3N3O3/c1-6-14-11(17)15(7-9(2)3)13(19)16(12(14)18)8-10(4)5;1-4-7-9-15-11(17)14(6-3)12(18)16(13(15)19)10-8-5-2;1-4-7-13-10(16)14(8-5-2)12(18)15(9-6-3)11(13)17;1-4-7-13-9(15)12(6-3)10(16)14(8-5-2)11(13)17;1-4-6-12-8(14)11(3)9(15)13(7-5-2)10(12)16;2*1-4-10-7(13)11(5-2)9(15)12(6-3)8(10)14/h13,19H,2,4,6-8H2,1,3,5H3;4-5,13,19H,1-2,6-10H2,3H3;1-3H,7-9H2;4-5,11,17H,1-2,6-8H2,3H3;1-2H,6-7H2,3H3;4-5,7,13H,1-2,6H2,3H3;1-3H. The van der Waals surface area contributed by atoms with Crippen molar-refractivity contribution in [1.82, 2.24) is 99.9 Å². The van der Waals surface area contributed by atoms with Gasteiger partial charge in [0.05, 0.1) is 32.7 Å². The Labute approximate surface area is 683 Å². The van der Waals surface area contributed by atoms with E-state index in [0.29, 0.717) is 39.6 Å². The van der Waals surface area contributed by atoms with E-state index in [1.54, 1.807) is 71.8 Å². The minimum atomic E-state index is -1.37. The number of carbonyl (C=O) groups is 8. The molecule has 4 saturated heterocycles. The van der Waals surface area contributed by atoms with Gasteiger partial charge in [-0.3, -0.25) is 39.2 Å². The van der Waals surface area contributed by atoms with E-state index < -0.39 is 125 Å². The molecule has 0 atom stereocenters. The van der Waals surface area contributed by atoms with E-state index in [9.17, 15) is 102 Å². The van der Waals surface area contributed by atoms with Crippen molar-refractivity contribution in [2.45, 2.75) is 113 Å². The number of aliphatic hydroxyl groups is 4. The van der Waals surface area contributed by atoms with E-state index in [1.807, 2.05) is 0 Å². The molecule has 632 valence electrons. The van der Waals surface area contributed by atoms with Gasteiger partial charge in [0.15, 0.2) is 0 Å². The van der Waals surface area contributed by atoms with Crippen LogP contribution in [0.1, 0.15) is 54.4 Å². The number of carbonyl (C=O) groups excluding carboxylic acids is 8. The van der Waals surface area contributed by atoms with Gasteiger partial charge in [0, 0.05) is 103 Å². The SMILES string of the molecule is C#CCn1c(=O)n(C)c(=O)n(CC#C)c1=O.C#CCn1c(=O)n(CC#C)c(=O)n(CC#C)c1=O.C#Cn1c(=O)n(C#C)c(=O)n(C#C)c1=O.C=C(C)CN1C(=O)N(CC)C(=O)N(CC(=C)C)C1O.C=CCCN1C(=O)N(CC)C(=O)N(CCC=C)C1O.C=CCN1C(=O)N(CC)C(=O)N(CC=C)C1O.C=CN1C(=O)N(CC)C(=O)N(C=C)C1O. The summed E-state index contributed by atoms with van der Waals surface area (Å²) in [6, 6.07) is 1.15. The maximum absolute atomic E-state index is 12.1. The van der Waals surface area contributed by atoms with Gasteiger partial charge in [-0.25, -0.2) is 129 Å². The van der Waals surface area contributed by atoms with Crippen LogP contribution < -0.4 is 51.2 Å². The quantitative estimate of drug-likeness (QED) is 0.0541. The topological polar surface area (TPSA) is 454 Å². The predicted molar refractivity (Wildman–Crippen MR) is 436 cm³/mol. The normalized spacial score (nSPS) is 14.0. The van der Waals surface area contributed by atoms with Gasteiger partial charge in [-0.05, 0) is 54.4 Å². The van der Waals surface area contributed by atoms with Crippen LogP contribution in [0.5, 0.6) is 0 Å². The number of hydrogen-bond donors (Lipinski definition) is 4. The molecule has 7 rings (SSSR count). The van der Waals surface area contributed by atoms with Crippen LogP contribution in [0.2, 0.25) is 0 Å². The zero-order valence-electron chi connectivity index (χ0n) is 66.7. The largest absolute Gasteiger partial charge is 0.360 e. The Morgan fingerprint density at radius 2 is 0.563 bits per heavy atom. The maximum atomic E-state index is 12.1. The van der Waals surface area contributed by atoms with E-state index in [2.05, 4.69) is 82.2 Å². The Balaban J connectivity index is 0.000000695. The molecule has 0 aromatic carbocycles. The average Bonchev–Trinajstić information content (AvgIpc) is 0.828. The molecule has 7 heterocycles. The maximum Gasteiger partial charge on any atom is 0.360 e. The minimum Gasteiger partial charge on any atom is -0.356 e. The third-order valence-electron chi connectivity index (χ3n) is 15.9. The third kappa shape index (κ3) is 24.0. The molecule has 4 aliphatic heterocycles. The van der Waals surface area contributed by atoms with Crippen LogP contribution in [0, 0.1) is 99.1 Å². The molecular formula is C77H93N21O21. The second-order valence-corrected chi connectivity index (χ2v) is 23.8. The number of imide groups is 4. The number of hydrogen-bond acceptors (Lipinski definition) is 21. The van der Waals surface area contributed by atoms with E-state index in [-0.39, 0.29) is 85.1 Å². The number of amides is 16. The smallest absolute Gasteiger partial charge is 0.356 e. The molecule has 0 spiro atoms. The molecule has 42 nitrogen and oxygen atoms in total. The monoisotopic (exact) mass is 1650 g/mol.